The molecule has 0 saturated carbocycles. The zero-order valence-electron chi connectivity index (χ0n) is 12.8. The molecule has 116 valence electrons. The van der Waals surface area contributed by atoms with Gasteiger partial charge in [0.15, 0.2) is 0 Å². The lowest BCUT2D eigenvalue weighted by Crippen LogP contribution is -2.30. The summed E-state index contributed by atoms with van der Waals surface area (Å²) < 4.78 is 0. The topological polar surface area (TPSA) is 78.4 Å². The van der Waals surface area contributed by atoms with Gasteiger partial charge in [-0.05, 0) is 58.7 Å². The molecule has 0 aromatic carbocycles. The van der Waals surface area contributed by atoms with E-state index in [4.69, 9.17) is 5.11 Å². The molecular formula is C15H24N4O2. The van der Waals surface area contributed by atoms with Crippen LogP contribution in [0, 0.1) is 12.8 Å². The summed E-state index contributed by atoms with van der Waals surface area (Å²) in [4.78, 5) is 21.5. The Morgan fingerprint density at radius 3 is 2.81 bits per heavy atom. The molecule has 0 radical (unpaired) electrons. The third-order valence-corrected chi connectivity index (χ3v) is 4.12. The molecule has 0 aliphatic carbocycles. The highest BCUT2D eigenvalue weighted by Gasteiger charge is 2.16. The van der Waals surface area contributed by atoms with E-state index in [1.807, 2.05) is 0 Å². The van der Waals surface area contributed by atoms with Crippen LogP contribution in [0.3, 0.4) is 0 Å². The second-order valence-electron chi connectivity index (χ2n) is 5.81. The van der Waals surface area contributed by atoms with Crippen molar-refractivity contribution in [1.29, 1.82) is 0 Å². The van der Waals surface area contributed by atoms with Gasteiger partial charge in [-0.15, -0.1) is 0 Å². The number of nitrogens with zero attached hydrogens (tertiary/aromatic N) is 3. The number of hydrogen-bond acceptors (Lipinski definition) is 5. The highest BCUT2D eigenvalue weighted by atomic mass is 16.4. The Balaban J connectivity index is 1.71. The fraction of sp³-hybridized carbons (Fsp3) is 0.667. The minimum absolute atomic E-state index is 0.159. The molecule has 1 saturated heterocycles. The summed E-state index contributed by atoms with van der Waals surface area (Å²) in [6.07, 6.45) is 6.27. The van der Waals surface area contributed by atoms with Crippen LogP contribution in [0.5, 0.6) is 0 Å². The molecule has 2 N–H and O–H groups in total. The maximum atomic E-state index is 10.9. The second-order valence-corrected chi connectivity index (χ2v) is 5.81. The van der Waals surface area contributed by atoms with Crippen LogP contribution >= 0.6 is 0 Å². The van der Waals surface area contributed by atoms with Gasteiger partial charge in [0.2, 0.25) is 5.95 Å². The molecule has 2 heterocycles. The van der Waals surface area contributed by atoms with Crippen molar-refractivity contribution >= 4 is 11.9 Å². The molecule has 1 aromatic rings. The Labute approximate surface area is 125 Å². The summed E-state index contributed by atoms with van der Waals surface area (Å²) in [6, 6.07) is 0. The van der Waals surface area contributed by atoms with E-state index in [1.165, 1.54) is 38.5 Å². The maximum Gasteiger partial charge on any atom is 0.339 e. The normalized spacial score (nSPS) is 16.9. The van der Waals surface area contributed by atoms with Gasteiger partial charge in [0, 0.05) is 12.7 Å². The second kappa shape index (κ2) is 7.36. The minimum atomic E-state index is -0.985. The highest BCUT2D eigenvalue weighted by Crippen LogP contribution is 2.20. The molecule has 0 amide bonds. The number of rotatable bonds is 6. The van der Waals surface area contributed by atoms with Crippen LogP contribution < -0.4 is 5.32 Å². The van der Waals surface area contributed by atoms with E-state index in [-0.39, 0.29) is 5.56 Å². The number of nitrogens with one attached hydrogen (secondary N) is 1. The average Bonchev–Trinajstić information content (AvgIpc) is 2.45. The third kappa shape index (κ3) is 4.67. The van der Waals surface area contributed by atoms with Crippen molar-refractivity contribution in [3.05, 3.63) is 17.5 Å². The Morgan fingerprint density at radius 1 is 1.48 bits per heavy atom. The SMILES string of the molecule is Cc1nc(NCCCC2CCN(C)CC2)ncc1C(=O)O. The van der Waals surface area contributed by atoms with E-state index < -0.39 is 5.97 Å². The Bertz CT molecular complexity index is 485. The van der Waals surface area contributed by atoms with Crippen molar-refractivity contribution in [3.8, 4) is 0 Å². The summed E-state index contributed by atoms with van der Waals surface area (Å²) >= 11 is 0. The number of aromatic carboxylic acids is 1. The van der Waals surface area contributed by atoms with Crippen LogP contribution in [0.15, 0.2) is 6.20 Å². The summed E-state index contributed by atoms with van der Waals surface area (Å²) in [5, 5.41) is 12.1. The highest BCUT2D eigenvalue weighted by molar-refractivity contribution is 5.88. The van der Waals surface area contributed by atoms with Gasteiger partial charge in [-0.25, -0.2) is 14.8 Å². The summed E-state index contributed by atoms with van der Waals surface area (Å²) in [7, 11) is 2.18. The number of carbonyl (C=O) groups is 1. The third-order valence-electron chi connectivity index (χ3n) is 4.12. The molecule has 6 nitrogen and oxygen atoms in total. The van der Waals surface area contributed by atoms with Gasteiger partial charge in [0.1, 0.15) is 0 Å². The Morgan fingerprint density at radius 2 is 2.19 bits per heavy atom. The first-order chi connectivity index (χ1) is 10.1. The van der Waals surface area contributed by atoms with E-state index >= 15 is 0 Å². The molecule has 1 aliphatic rings. The van der Waals surface area contributed by atoms with E-state index in [9.17, 15) is 4.79 Å². The van der Waals surface area contributed by atoms with E-state index in [2.05, 4.69) is 27.2 Å². The first-order valence-corrected chi connectivity index (χ1v) is 7.55. The first-order valence-electron chi connectivity index (χ1n) is 7.55. The van der Waals surface area contributed by atoms with Gasteiger partial charge in [0.05, 0.1) is 11.3 Å². The van der Waals surface area contributed by atoms with Crippen molar-refractivity contribution in [3.63, 3.8) is 0 Å². The largest absolute Gasteiger partial charge is 0.478 e. The Hall–Kier alpha value is -1.69. The lowest BCUT2D eigenvalue weighted by molar-refractivity contribution is 0.0695. The van der Waals surface area contributed by atoms with E-state index in [0.717, 1.165) is 18.9 Å². The zero-order valence-corrected chi connectivity index (χ0v) is 12.8. The Kier molecular flexibility index (Phi) is 5.50. The van der Waals surface area contributed by atoms with Gasteiger partial charge in [0.25, 0.3) is 0 Å². The molecule has 1 aromatic heterocycles. The molecule has 1 fully saturated rings. The zero-order chi connectivity index (χ0) is 15.2. The fourth-order valence-corrected chi connectivity index (χ4v) is 2.70. The predicted molar refractivity (Wildman–Crippen MR) is 81.7 cm³/mol. The van der Waals surface area contributed by atoms with Crippen molar-refractivity contribution < 1.29 is 9.90 Å². The number of piperidine rings is 1. The van der Waals surface area contributed by atoms with Gasteiger partial charge >= 0.3 is 5.97 Å². The summed E-state index contributed by atoms with van der Waals surface area (Å²) in [6.45, 7) is 4.93. The molecular weight excluding hydrogens is 268 g/mol. The molecule has 6 heteroatoms. The van der Waals surface area contributed by atoms with Crippen LogP contribution in [0.25, 0.3) is 0 Å². The monoisotopic (exact) mass is 292 g/mol. The quantitative estimate of drug-likeness (QED) is 0.781. The fourth-order valence-electron chi connectivity index (χ4n) is 2.70. The van der Waals surface area contributed by atoms with Crippen LogP contribution in [0.2, 0.25) is 0 Å². The molecule has 1 aliphatic heterocycles. The van der Waals surface area contributed by atoms with Gasteiger partial charge in [-0.2, -0.15) is 0 Å². The first kappa shape index (κ1) is 15.7. The van der Waals surface area contributed by atoms with E-state index in [0.29, 0.717) is 11.6 Å². The molecule has 21 heavy (non-hydrogen) atoms. The van der Waals surface area contributed by atoms with Crippen molar-refractivity contribution in [2.45, 2.75) is 32.6 Å². The summed E-state index contributed by atoms with van der Waals surface area (Å²) in [5.74, 6) is 0.363. The smallest absolute Gasteiger partial charge is 0.339 e. The van der Waals surface area contributed by atoms with Crippen LogP contribution in [0.1, 0.15) is 41.7 Å². The number of aromatic nitrogens is 2. The van der Waals surface area contributed by atoms with E-state index in [1.54, 1.807) is 6.92 Å². The lowest BCUT2D eigenvalue weighted by atomic mass is 9.92. The van der Waals surface area contributed by atoms with Gasteiger partial charge < -0.3 is 15.3 Å². The molecule has 0 spiro atoms. The molecule has 0 unspecified atom stereocenters. The number of likely N-dealkylation sites (tertiary alicyclic amines) is 1. The van der Waals surface area contributed by atoms with Gasteiger partial charge in [-0.3, -0.25) is 0 Å². The molecule has 2 rings (SSSR count). The molecule has 0 bridgehead atoms. The lowest BCUT2D eigenvalue weighted by Gasteiger charge is -2.28. The molecule has 0 atom stereocenters. The predicted octanol–water partition coefficient (Wildman–Crippen LogP) is 2.02. The number of carboxylic acid groups (broad SMARTS) is 1. The number of aryl methyl sites for hydroxylation is 1. The van der Waals surface area contributed by atoms with Crippen molar-refractivity contribution in [2.24, 2.45) is 5.92 Å². The van der Waals surface area contributed by atoms with Crippen LogP contribution in [-0.4, -0.2) is 52.6 Å². The minimum Gasteiger partial charge on any atom is -0.478 e. The van der Waals surface area contributed by atoms with Crippen LogP contribution in [0.4, 0.5) is 5.95 Å². The number of hydrogen-bond donors (Lipinski definition) is 2. The summed E-state index contributed by atoms with van der Waals surface area (Å²) in [5.41, 5.74) is 0.655. The van der Waals surface area contributed by atoms with Crippen molar-refractivity contribution in [2.75, 3.05) is 32.0 Å². The average molecular weight is 292 g/mol. The number of carboxylic acids is 1. The number of anilines is 1. The maximum absolute atomic E-state index is 10.9. The van der Waals surface area contributed by atoms with Crippen LogP contribution in [-0.2, 0) is 0 Å². The van der Waals surface area contributed by atoms with Gasteiger partial charge in [-0.1, -0.05) is 0 Å². The standard InChI is InChI=1S/C15H24N4O2/c1-11-13(14(20)21)10-17-15(18-11)16-7-3-4-12-5-8-19(2)9-6-12/h10,12H,3-9H2,1-2H3,(H,20,21)(H,16,17,18). The van der Waals surface area contributed by atoms with Crippen molar-refractivity contribution in [1.82, 2.24) is 14.9 Å².